The van der Waals surface area contributed by atoms with Gasteiger partial charge in [0.1, 0.15) is 5.56 Å². The molecule has 1 aliphatic carbocycles. The molecule has 1 amide bonds. The van der Waals surface area contributed by atoms with E-state index in [1.165, 1.54) is 0 Å². The number of pyridine rings is 1. The number of H-pyrrole nitrogens is 1. The van der Waals surface area contributed by atoms with Crippen LogP contribution in [0.4, 0.5) is 0 Å². The first-order valence-corrected chi connectivity index (χ1v) is 13.0. The highest BCUT2D eigenvalue weighted by atomic mass is 32.1. The number of nitrogens with zero attached hydrogens (tertiary/aromatic N) is 1. The van der Waals surface area contributed by atoms with E-state index in [4.69, 9.17) is 0 Å². The van der Waals surface area contributed by atoms with E-state index in [1.807, 2.05) is 53.2 Å². The zero-order chi connectivity index (χ0) is 23.5. The SMILES string of the molecule is O=C(NCc1ccsc1)c1ccc(CN2CC[C@@](O)(c3ccccc3)[C@H]3CCCC[C@@H]32)[nH]c1=O. The number of fused-ring (bicyclic) bond motifs is 1. The highest BCUT2D eigenvalue weighted by Crippen LogP contribution is 2.47. The summed E-state index contributed by atoms with van der Waals surface area (Å²) < 4.78 is 0. The lowest BCUT2D eigenvalue weighted by Gasteiger charge is -2.52. The van der Waals surface area contributed by atoms with Gasteiger partial charge in [-0.2, -0.15) is 11.3 Å². The molecule has 1 aromatic carbocycles. The molecule has 0 bridgehead atoms. The van der Waals surface area contributed by atoms with Gasteiger partial charge in [-0.05, 0) is 59.3 Å². The van der Waals surface area contributed by atoms with Crippen LogP contribution < -0.4 is 10.9 Å². The third-order valence-electron chi connectivity index (χ3n) is 7.49. The lowest BCUT2D eigenvalue weighted by Crippen LogP contribution is -2.57. The molecule has 5 rings (SSSR count). The Hall–Kier alpha value is -2.74. The van der Waals surface area contributed by atoms with E-state index in [9.17, 15) is 14.7 Å². The van der Waals surface area contributed by atoms with Gasteiger partial charge in [-0.1, -0.05) is 43.2 Å². The van der Waals surface area contributed by atoms with Gasteiger partial charge < -0.3 is 15.4 Å². The predicted molar refractivity (Wildman–Crippen MR) is 134 cm³/mol. The molecule has 3 heterocycles. The Morgan fingerprint density at radius 1 is 1.15 bits per heavy atom. The molecule has 2 aliphatic rings. The van der Waals surface area contributed by atoms with Crippen molar-refractivity contribution in [1.29, 1.82) is 0 Å². The number of piperidine rings is 1. The van der Waals surface area contributed by atoms with Crippen molar-refractivity contribution in [2.45, 2.75) is 56.8 Å². The van der Waals surface area contributed by atoms with Crippen molar-refractivity contribution in [3.05, 3.63) is 92.0 Å². The second kappa shape index (κ2) is 9.86. The van der Waals surface area contributed by atoms with Crippen LogP contribution in [0.2, 0.25) is 0 Å². The van der Waals surface area contributed by atoms with Crippen LogP contribution in [0.25, 0.3) is 0 Å². The van der Waals surface area contributed by atoms with Crippen LogP contribution in [0.3, 0.4) is 0 Å². The van der Waals surface area contributed by atoms with Crippen molar-refractivity contribution in [2.24, 2.45) is 5.92 Å². The van der Waals surface area contributed by atoms with E-state index in [1.54, 1.807) is 17.4 Å². The fourth-order valence-corrected chi connectivity index (χ4v) is 6.40. The van der Waals surface area contributed by atoms with Crippen molar-refractivity contribution in [3.8, 4) is 0 Å². The summed E-state index contributed by atoms with van der Waals surface area (Å²) in [4.78, 5) is 30.5. The molecule has 3 aromatic rings. The van der Waals surface area contributed by atoms with Crippen LogP contribution in [-0.4, -0.2) is 33.5 Å². The summed E-state index contributed by atoms with van der Waals surface area (Å²) >= 11 is 1.58. The van der Waals surface area contributed by atoms with Crippen LogP contribution in [0, 0.1) is 5.92 Å². The lowest BCUT2D eigenvalue weighted by molar-refractivity contribution is -0.123. The van der Waals surface area contributed by atoms with Gasteiger partial charge in [-0.15, -0.1) is 0 Å². The zero-order valence-electron chi connectivity index (χ0n) is 19.2. The van der Waals surface area contributed by atoms with E-state index < -0.39 is 5.60 Å². The molecule has 1 saturated carbocycles. The molecule has 7 heteroatoms. The van der Waals surface area contributed by atoms with Crippen molar-refractivity contribution in [1.82, 2.24) is 15.2 Å². The molecule has 1 saturated heterocycles. The monoisotopic (exact) mass is 477 g/mol. The fourth-order valence-electron chi connectivity index (χ4n) is 5.73. The van der Waals surface area contributed by atoms with Gasteiger partial charge >= 0.3 is 0 Å². The first-order valence-electron chi connectivity index (χ1n) is 12.1. The highest BCUT2D eigenvalue weighted by molar-refractivity contribution is 7.07. The molecule has 0 spiro atoms. The summed E-state index contributed by atoms with van der Waals surface area (Å²) in [5, 5.41) is 18.5. The number of thiophene rings is 1. The van der Waals surface area contributed by atoms with Crippen molar-refractivity contribution >= 4 is 17.2 Å². The minimum atomic E-state index is -0.805. The molecule has 6 nitrogen and oxygen atoms in total. The molecular weight excluding hydrogens is 446 g/mol. The number of rotatable bonds is 6. The number of hydrogen-bond acceptors (Lipinski definition) is 5. The first-order chi connectivity index (χ1) is 16.5. The third-order valence-corrected chi connectivity index (χ3v) is 8.22. The maximum atomic E-state index is 12.7. The molecule has 1 aliphatic heterocycles. The molecule has 2 fully saturated rings. The van der Waals surface area contributed by atoms with Crippen LogP contribution in [0.15, 0.2) is 64.1 Å². The molecular formula is C27H31N3O3S. The van der Waals surface area contributed by atoms with Crippen LogP contribution in [0.1, 0.15) is 59.3 Å². The van der Waals surface area contributed by atoms with Crippen LogP contribution >= 0.6 is 11.3 Å². The Kier molecular flexibility index (Phi) is 6.68. The van der Waals surface area contributed by atoms with Crippen molar-refractivity contribution in [2.75, 3.05) is 6.54 Å². The average Bonchev–Trinajstić information content (AvgIpc) is 3.39. The van der Waals surface area contributed by atoms with Gasteiger partial charge in [0.05, 0.1) is 5.60 Å². The Morgan fingerprint density at radius 3 is 2.74 bits per heavy atom. The molecule has 2 aromatic heterocycles. The van der Waals surface area contributed by atoms with Crippen LogP contribution in [0.5, 0.6) is 0 Å². The Labute approximate surface area is 203 Å². The number of carbonyl (C=O) groups is 1. The third kappa shape index (κ3) is 4.60. The topological polar surface area (TPSA) is 85.4 Å². The number of aromatic nitrogens is 1. The van der Waals surface area contributed by atoms with Crippen LogP contribution in [-0.2, 0) is 18.7 Å². The lowest BCUT2D eigenvalue weighted by atomic mass is 9.66. The molecule has 178 valence electrons. The smallest absolute Gasteiger partial charge is 0.261 e. The molecule has 0 unspecified atom stereocenters. The van der Waals surface area contributed by atoms with Crippen molar-refractivity contribution in [3.63, 3.8) is 0 Å². The number of likely N-dealkylation sites (tertiary alicyclic amines) is 1. The highest BCUT2D eigenvalue weighted by Gasteiger charge is 2.48. The Balaban J connectivity index is 1.29. The summed E-state index contributed by atoms with van der Waals surface area (Å²) in [6.07, 6.45) is 5.02. The summed E-state index contributed by atoms with van der Waals surface area (Å²) in [6.45, 7) is 1.78. The summed E-state index contributed by atoms with van der Waals surface area (Å²) in [5.41, 5.74) is 1.80. The normalized spacial score (nSPS) is 25.0. The Morgan fingerprint density at radius 2 is 1.97 bits per heavy atom. The van der Waals surface area contributed by atoms with E-state index in [-0.39, 0.29) is 29.0 Å². The van der Waals surface area contributed by atoms with Gasteiger partial charge in [0.15, 0.2) is 0 Å². The number of amides is 1. The fraction of sp³-hybridized carbons (Fsp3) is 0.407. The molecule has 0 radical (unpaired) electrons. The average molecular weight is 478 g/mol. The Bertz CT molecular complexity index is 1180. The summed E-state index contributed by atoms with van der Waals surface area (Å²) in [6, 6.07) is 15.8. The molecule has 3 atom stereocenters. The number of carbonyl (C=O) groups excluding carboxylic acids is 1. The molecule has 3 N–H and O–H groups in total. The summed E-state index contributed by atoms with van der Waals surface area (Å²) in [5.74, 6) is -0.191. The maximum Gasteiger partial charge on any atom is 0.261 e. The number of benzene rings is 1. The van der Waals surface area contributed by atoms with E-state index in [0.717, 1.165) is 49.0 Å². The largest absolute Gasteiger partial charge is 0.385 e. The van der Waals surface area contributed by atoms with Gasteiger partial charge in [0.25, 0.3) is 11.5 Å². The number of hydrogen-bond donors (Lipinski definition) is 3. The zero-order valence-corrected chi connectivity index (χ0v) is 20.0. The van der Waals surface area contributed by atoms with E-state index in [2.05, 4.69) is 15.2 Å². The minimum absolute atomic E-state index is 0.131. The maximum absolute atomic E-state index is 12.7. The summed E-state index contributed by atoms with van der Waals surface area (Å²) in [7, 11) is 0. The standard InChI is InChI=1S/C27H31N3O3S/c31-25(28-16-19-12-15-34-18-19)22-11-10-21(29-26(22)32)17-30-14-13-27(33,20-6-2-1-3-7-20)23-8-4-5-9-24(23)30/h1-3,6-7,10-12,15,18,23-24,33H,4-5,8-9,13-14,16-17H2,(H,28,31)(H,29,32)/t23-,24-,27+/m0/s1. The first kappa shape index (κ1) is 23.0. The van der Waals surface area contributed by atoms with Gasteiger partial charge in [-0.3, -0.25) is 14.5 Å². The van der Waals surface area contributed by atoms with Gasteiger partial charge in [-0.25, -0.2) is 0 Å². The molecule has 34 heavy (non-hydrogen) atoms. The van der Waals surface area contributed by atoms with Gasteiger partial charge in [0.2, 0.25) is 0 Å². The minimum Gasteiger partial charge on any atom is -0.385 e. The predicted octanol–water partition coefficient (Wildman–Crippen LogP) is 4.02. The van der Waals surface area contributed by atoms with E-state index >= 15 is 0 Å². The second-order valence-corrected chi connectivity index (χ2v) is 10.3. The van der Waals surface area contributed by atoms with E-state index in [0.29, 0.717) is 19.5 Å². The van der Waals surface area contributed by atoms with Crippen molar-refractivity contribution < 1.29 is 9.90 Å². The van der Waals surface area contributed by atoms with Gasteiger partial charge in [0, 0.05) is 37.3 Å². The number of aliphatic hydroxyl groups is 1. The second-order valence-electron chi connectivity index (χ2n) is 9.51. The number of nitrogens with one attached hydrogen (secondary N) is 2. The quantitative estimate of drug-likeness (QED) is 0.501. The number of aromatic amines is 1.